The molecule has 1 aliphatic rings. The Kier molecular flexibility index (Phi) is 5.16. The molecule has 0 radical (unpaired) electrons. The van der Waals surface area contributed by atoms with Crippen molar-refractivity contribution in [1.29, 1.82) is 0 Å². The number of furan rings is 1. The van der Waals surface area contributed by atoms with Crippen LogP contribution in [0.4, 0.5) is 10.1 Å². The summed E-state index contributed by atoms with van der Waals surface area (Å²) in [4.78, 5) is 40.2. The molecule has 1 saturated heterocycles. The average Bonchev–Trinajstić information content (AvgIpc) is 3.22. The quantitative estimate of drug-likeness (QED) is 0.745. The molecule has 1 aliphatic heterocycles. The molecule has 3 amide bonds. The van der Waals surface area contributed by atoms with Gasteiger partial charge in [0.25, 0.3) is 5.91 Å². The molecule has 136 valence electrons. The Morgan fingerprint density at radius 3 is 2.62 bits per heavy atom. The minimum atomic E-state index is -0.892. The van der Waals surface area contributed by atoms with Crippen LogP contribution in [-0.2, 0) is 20.9 Å². The molecule has 1 atom stereocenters. The summed E-state index contributed by atoms with van der Waals surface area (Å²) in [6, 6.07) is 7.64. The number of anilines is 1. The highest BCUT2D eigenvalue weighted by atomic mass is 19.1. The van der Waals surface area contributed by atoms with Crippen molar-refractivity contribution >= 4 is 23.4 Å². The third kappa shape index (κ3) is 3.51. The van der Waals surface area contributed by atoms with Crippen LogP contribution >= 0.6 is 0 Å². The van der Waals surface area contributed by atoms with Gasteiger partial charge in [0, 0.05) is 6.42 Å². The molecule has 26 heavy (non-hydrogen) atoms. The maximum Gasteiger partial charge on any atom is 0.257 e. The molecule has 0 bridgehead atoms. The first-order valence-corrected chi connectivity index (χ1v) is 8.45. The predicted molar refractivity (Wildman–Crippen MR) is 91.5 cm³/mol. The molecule has 1 aromatic carbocycles. The van der Waals surface area contributed by atoms with Crippen LogP contribution in [-0.4, -0.2) is 28.7 Å². The van der Waals surface area contributed by atoms with Crippen LogP contribution in [0.3, 0.4) is 0 Å². The molecule has 7 heteroatoms. The average molecular weight is 358 g/mol. The maximum atomic E-state index is 13.1. The topological polar surface area (TPSA) is 70.8 Å². The van der Waals surface area contributed by atoms with Crippen LogP contribution in [0.1, 0.15) is 31.9 Å². The van der Waals surface area contributed by atoms with Crippen molar-refractivity contribution < 1.29 is 23.2 Å². The highest BCUT2D eigenvalue weighted by molar-refractivity contribution is 6.23. The molecular formula is C19H19FN2O4. The Hall–Kier alpha value is -2.96. The third-order valence-corrected chi connectivity index (χ3v) is 4.27. The molecule has 2 aromatic rings. The zero-order valence-electron chi connectivity index (χ0n) is 14.4. The molecule has 1 fully saturated rings. The molecule has 0 aliphatic carbocycles. The lowest BCUT2D eigenvalue weighted by molar-refractivity contribution is -0.139. The number of halogens is 1. The second-order valence-corrected chi connectivity index (χ2v) is 6.11. The van der Waals surface area contributed by atoms with E-state index < -0.39 is 23.7 Å². The van der Waals surface area contributed by atoms with Crippen LogP contribution in [0.15, 0.2) is 47.1 Å². The summed E-state index contributed by atoms with van der Waals surface area (Å²) in [5, 5.41) is 0. The fraction of sp³-hybridized carbons (Fsp3) is 0.316. The Morgan fingerprint density at radius 1 is 1.27 bits per heavy atom. The summed E-state index contributed by atoms with van der Waals surface area (Å²) in [6.45, 7) is 1.99. The van der Waals surface area contributed by atoms with E-state index in [0.717, 1.165) is 4.90 Å². The highest BCUT2D eigenvalue weighted by Gasteiger charge is 2.44. The molecule has 1 unspecified atom stereocenters. The number of nitrogens with zero attached hydrogens (tertiary/aromatic N) is 2. The van der Waals surface area contributed by atoms with E-state index in [4.69, 9.17) is 4.42 Å². The molecule has 6 nitrogen and oxygen atoms in total. The van der Waals surface area contributed by atoms with Gasteiger partial charge in [0.2, 0.25) is 11.8 Å². The number of benzene rings is 1. The zero-order chi connectivity index (χ0) is 18.7. The summed E-state index contributed by atoms with van der Waals surface area (Å²) in [5.41, 5.74) is 0.296. The minimum absolute atomic E-state index is 0.105. The zero-order valence-corrected chi connectivity index (χ0v) is 14.4. The fourth-order valence-corrected chi connectivity index (χ4v) is 3.02. The van der Waals surface area contributed by atoms with Gasteiger partial charge in [-0.05, 0) is 42.8 Å². The van der Waals surface area contributed by atoms with Gasteiger partial charge >= 0.3 is 0 Å². The molecule has 2 heterocycles. The Morgan fingerprint density at radius 2 is 2.00 bits per heavy atom. The van der Waals surface area contributed by atoms with Gasteiger partial charge in [-0.25, -0.2) is 9.29 Å². The van der Waals surface area contributed by atoms with Gasteiger partial charge in [-0.15, -0.1) is 0 Å². The van der Waals surface area contributed by atoms with Gasteiger partial charge in [0.05, 0.1) is 24.9 Å². The first kappa shape index (κ1) is 17.8. The third-order valence-electron chi connectivity index (χ3n) is 4.27. The van der Waals surface area contributed by atoms with Crippen LogP contribution in [0, 0.1) is 5.82 Å². The van der Waals surface area contributed by atoms with Crippen molar-refractivity contribution in [3.05, 3.63) is 54.2 Å². The lowest BCUT2D eigenvalue weighted by atomic mass is 10.1. The van der Waals surface area contributed by atoms with Crippen LogP contribution in [0.25, 0.3) is 0 Å². The van der Waals surface area contributed by atoms with Crippen molar-refractivity contribution in [1.82, 2.24) is 4.90 Å². The smallest absolute Gasteiger partial charge is 0.257 e. The van der Waals surface area contributed by atoms with Gasteiger partial charge in [-0.1, -0.05) is 6.92 Å². The van der Waals surface area contributed by atoms with Gasteiger partial charge in [0.15, 0.2) is 0 Å². The van der Waals surface area contributed by atoms with E-state index >= 15 is 0 Å². The Balaban J connectivity index is 1.87. The van der Waals surface area contributed by atoms with Gasteiger partial charge in [-0.2, -0.15) is 0 Å². The number of imide groups is 1. The lowest BCUT2D eigenvalue weighted by Crippen LogP contribution is -2.45. The van der Waals surface area contributed by atoms with E-state index in [1.54, 1.807) is 12.1 Å². The Labute approximate surface area is 150 Å². The summed E-state index contributed by atoms with van der Waals surface area (Å²) >= 11 is 0. The van der Waals surface area contributed by atoms with Gasteiger partial charge < -0.3 is 9.32 Å². The minimum Gasteiger partial charge on any atom is -0.467 e. The van der Waals surface area contributed by atoms with Crippen LogP contribution in [0.2, 0.25) is 0 Å². The monoisotopic (exact) mass is 358 g/mol. The maximum absolute atomic E-state index is 13.1. The predicted octanol–water partition coefficient (Wildman–Crippen LogP) is 2.88. The SMILES string of the molecule is CCCC(=O)N(Cc1ccco1)C1CC(=O)N(c2ccc(F)cc2)C1=O. The van der Waals surface area contributed by atoms with Crippen LogP contribution < -0.4 is 4.90 Å². The normalized spacial score (nSPS) is 17.0. The van der Waals surface area contributed by atoms with E-state index in [2.05, 4.69) is 0 Å². The van der Waals surface area contributed by atoms with Crippen molar-refractivity contribution in [3.8, 4) is 0 Å². The molecule has 3 rings (SSSR count). The van der Waals surface area contributed by atoms with E-state index in [1.165, 1.54) is 35.4 Å². The molecule has 0 saturated carbocycles. The van der Waals surface area contributed by atoms with Crippen molar-refractivity contribution in [2.75, 3.05) is 4.90 Å². The van der Waals surface area contributed by atoms with E-state index in [1.807, 2.05) is 6.92 Å². The summed E-state index contributed by atoms with van der Waals surface area (Å²) < 4.78 is 18.4. The Bertz CT molecular complexity index is 801. The number of carbonyl (C=O) groups excluding carboxylic acids is 3. The number of amides is 3. The van der Waals surface area contributed by atoms with E-state index in [-0.39, 0.29) is 25.3 Å². The van der Waals surface area contributed by atoms with Gasteiger partial charge in [0.1, 0.15) is 17.6 Å². The van der Waals surface area contributed by atoms with Crippen molar-refractivity contribution in [2.24, 2.45) is 0 Å². The molecule has 1 aromatic heterocycles. The second-order valence-electron chi connectivity index (χ2n) is 6.11. The number of rotatable bonds is 6. The van der Waals surface area contributed by atoms with E-state index in [9.17, 15) is 18.8 Å². The standard InChI is InChI=1S/C19H19FN2O4/c1-2-4-17(23)21(12-15-5-3-10-26-15)16-11-18(24)22(19(16)25)14-8-6-13(20)7-9-14/h3,5-10,16H,2,4,11-12H2,1H3. The lowest BCUT2D eigenvalue weighted by Gasteiger charge is -2.26. The molecule has 0 N–H and O–H groups in total. The van der Waals surface area contributed by atoms with E-state index in [0.29, 0.717) is 17.9 Å². The number of carbonyl (C=O) groups is 3. The number of hydrogen-bond donors (Lipinski definition) is 0. The van der Waals surface area contributed by atoms with Crippen molar-refractivity contribution in [3.63, 3.8) is 0 Å². The van der Waals surface area contributed by atoms with Gasteiger partial charge in [-0.3, -0.25) is 14.4 Å². The second kappa shape index (κ2) is 7.51. The highest BCUT2D eigenvalue weighted by Crippen LogP contribution is 2.27. The first-order valence-electron chi connectivity index (χ1n) is 8.45. The first-order chi connectivity index (χ1) is 12.5. The molecular weight excluding hydrogens is 339 g/mol. The largest absolute Gasteiger partial charge is 0.467 e. The van der Waals surface area contributed by atoms with Crippen LogP contribution in [0.5, 0.6) is 0 Å². The van der Waals surface area contributed by atoms with Crippen molar-refractivity contribution in [2.45, 2.75) is 38.8 Å². The summed E-state index contributed by atoms with van der Waals surface area (Å²) in [5.74, 6) is -1.04. The summed E-state index contributed by atoms with van der Waals surface area (Å²) in [7, 11) is 0. The number of hydrogen-bond acceptors (Lipinski definition) is 4. The fourth-order valence-electron chi connectivity index (χ4n) is 3.02. The summed E-state index contributed by atoms with van der Waals surface area (Å²) in [6.07, 6.45) is 2.29. The molecule has 0 spiro atoms.